The van der Waals surface area contributed by atoms with E-state index in [1.54, 1.807) is 4.90 Å². The zero-order valence-electron chi connectivity index (χ0n) is 10.0. The molecule has 1 saturated carbocycles. The predicted octanol–water partition coefficient (Wildman–Crippen LogP) is 0.452. The highest BCUT2D eigenvalue weighted by Crippen LogP contribution is 2.27. The summed E-state index contributed by atoms with van der Waals surface area (Å²) >= 11 is 0. The number of carbonyl (C=O) groups excluding carboxylic acids is 1. The van der Waals surface area contributed by atoms with Gasteiger partial charge in [-0.25, -0.2) is 0 Å². The van der Waals surface area contributed by atoms with Gasteiger partial charge in [0.15, 0.2) is 0 Å². The Kier molecular flexibility index (Phi) is 3.99. The van der Waals surface area contributed by atoms with Crippen molar-refractivity contribution in [2.75, 3.05) is 19.6 Å². The van der Waals surface area contributed by atoms with Crippen LogP contribution in [0.1, 0.15) is 32.1 Å². The lowest BCUT2D eigenvalue weighted by atomic mass is 10.0. The lowest BCUT2D eigenvalue weighted by Crippen LogP contribution is -2.49. The van der Waals surface area contributed by atoms with Gasteiger partial charge in [-0.1, -0.05) is 6.42 Å². The van der Waals surface area contributed by atoms with Crippen LogP contribution < -0.4 is 5.32 Å². The zero-order chi connectivity index (χ0) is 12.3. The van der Waals surface area contributed by atoms with Gasteiger partial charge in [-0.15, -0.1) is 0 Å². The third-order valence-corrected chi connectivity index (χ3v) is 3.53. The number of likely N-dealkylation sites (tertiary alicyclic amines) is 1. The van der Waals surface area contributed by atoms with Crippen LogP contribution in [0.3, 0.4) is 0 Å². The van der Waals surface area contributed by atoms with Gasteiger partial charge >= 0.3 is 5.97 Å². The molecule has 1 atom stereocenters. The first-order chi connectivity index (χ1) is 8.16. The molecule has 0 bridgehead atoms. The van der Waals surface area contributed by atoms with E-state index in [1.165, 1.54) is 12.8 Å². The summed E-state index contributed by atoms with van der Waals surface area (Å²) in [5.41, 5.74) is 0. The zero-order valence-corrected chi connectivity index (χ0v) is 10.0. The summed E-state index contributed by atoms with van der Waals surface area (Å²) in [4.78, 5) is 24.5. The van der Waals surface area contributed by atoms with Crippen molar-refractivity contribution in [1.82, 2.24) is 10.2 Å². The van der Waals surface area contributed by atoms with Gasteiger partial charge in [0.1, 0.15) is 6.04 Å². The van der Waals surface area contributed by atoms with Crippen molar-refractivity contribution in [2.24, 2.45) is 5.92 Å². The molecule has 2 N–H and O–H groups in total. The first kappa shape index (κ1) is 12.4. The van der Waals surface area contributed by atoms with Crippen LogP contribution >= 0.6 is 0 Å². The van der Waals surface area contributed by atoms with Gasteiger partial charge in [-0.2, -0.15) is 0 Å². The molecule has 2 aliphatic rings. The summed E-state index contributed by atoms with van der Waals surface area (Å²) in [5.74, 6) is -0.180. The monoisotopic (exact) mass is 240 g/mol. The highest BCUT2D eigenvalue weighted by molar-refractivity contribution is 5.80. The Labute approximate surface area is 101 Å². The number of rotatable bonds is 5. The number of nitrogens with one attached hydrogen (secondary N) is 1. The highest BCUT2D eigenvalue weighted by atomic mass is 16.4. The molecule has 5 nitrogen and oxygen atoms in total. The van der Waals surface area contributed by atoms with E-state index < -0.39 is 12.0 Å². The first-order valence-electron chi connectivity index (χ1n) is 6.40. The number of aliphatic carboxylic acids is 1. The van der Waals surface area contributed by atoms with Crippen LogP contribution in [0.15, 0.2) is 0 Å². The van der Waals surface area contributed by atoms with Crippen LogP contribution in [-0.2, 0) is 9.59 Å². The number of hydrogen-bond donors (Lipinski definition) is 2. The molecule has 1 amide bonds. The molecule has 0 aromatic carbocycles. The van der Waals surface area contributed by atoms with Crippen LogP contribution in [0, 0.1) is 5.92 Å². The normalized spacial score (nSPS) is 25.5. The highest BCUT2D eigenvalue weighted by Gasteiger charge is 2.30. The summed E-state index contributed by atoms with van der Waals surface area (Å²) in [6, 6.07) is -0.476. The molecule has 2 fully saturated rings. The van der Waals surface area contributed by atoms with Gasteiger partial charge in [-0.3, -0.25) is 14.5 Å². The number of carboxylic acids is 1. The fourth-order valence-corrected chi connectivity index (χ4v) is 2.28. The maximum absolute atomic E-state index is 11.7. The molecule has 2 rings (SSSR count). The van der Waals surface area contributed by atoms with E-state index in [4.69, 9.17) is 5.11 Å². The van der Waals surface area contributed by atoms with E-state index in [2.05, 4.69) is 5.32 Å². The van der Waals surface area contributed by atoms with Gasteiger partial charge in [0.25, 0.3) is 0 Å². The van der Waals surface area contributed by atoms with Crippen molar-refractivity contribution in [3.8, 4) is 0 Å². The molecule has 1 aliphatic carbocycles. The molecule has 0 spiro atoms. The summed E-state index contributed by atoms with van der Waals surface area (Å²) in [6.45, 7) is 1.70. The van der Waals surface area contributed by atoms with E-state index in [0.29, 0.717) is 18.9 Å². The quantitative estimate of drug-likeness (QED) is 0.732. The Balaban J connectivity index is 1.77. The maximum Gasteiger partial charge on any atom is 0.320 e. The molecule has 5 heteroatoms. The van der Waals surface area contributed by atoms with Crippen molar-refractivity contribution in [2.45, 2.75) is 38.1 Å². The number of amides is 1. The smallest absolute Gasteiger partial charge is 0.320 e. The SMILES string of the molecule is O=C(CN1CCCCC1C(=O)O)NCC1CC1. The Morgan fingerprint density at radius 1 is 1.24 bits per heavy atom. The molecule has 0 radical (unpaired) electrons. The Morgan fingerprint density at radius 2 is 2.00 bits per heavy atom. The van der Waals surface area contributed by atoms with Gasteiger partial charge in [0, 0.05) is 6.54 Å². The maximum atomic E-state index is 11.7. The van der Waals surface area contributed by atoms with Crippen LogP contribution in [0.2, 0.25) is 0 Å². The summed E-state index contributed by atoms with van der Waals surface area (Å²) in [5, 5.41) is 12.0. The molecule has 17 heavy (non-hydrogen) atoms. The van der Waals surface area contributed by atoms with Gasteiger partial charge < -0.3 is 10.4 Å². The second-order valence-corrected chi connectivity index (χ2v) is 5.07. The van der Waals surface area contributed by atoms with E-state index in [9.17, 15) is 9.59 Å². The van der Waals surface area contributed by atoms with Crippen LogP contribution in [0.25, 0.3) is 0 Å². The van der Waals surface area contributed by atoms with Crippen molar-refractivity contribution in [3.63, 3.8) is 0 Å². The molecule has 1 saturated heterocycles. The topological polar surface area (TPSA) is 69.6 Å². The van der Waals surface area contributed by atoms with Crippen molar-refractivity contribution in [3.05, 3.63) is 0 Å². The van der Waals surface area contributed by atoms with Crippen LogP contribution in [0.5, 0.6) is 0 Å². The van der Waals surface area contributed by atoms with Crippen LogP contribution in [0.4, 0.5) is 0 Å². The third-order valence-electron chi connectivity index (χ3n) is 3.53. The van der Waals surface area contributed by atoms with Crippen molar-refractivity contribution >= 4 is 11.9 Å². The van der Waals surface area contributed by atoms with Gasteiger partial charge in [0.2, 0.25) is 5.91 Å². The predicted molar refractivity (Wildman–Crippen MR) is 62.6 cm³/mol. The van der Waals surface area contributed by atoms with E-state index in [-0.39, 0.29) is 12.5 Å². The molecule has 0 aromatic rings. The fraction of sp³-hybridized carbons (Fsp3) is 0.833. The molecule has 96 valence electrons. The van der Waals surface area contributed by atoms with Gasteiger partial charge in [-0.05, 0) is 38.1 Å². The van der Waals surface area contributed by atoms with E-state index >= 15 is 0 Å². The summed E-state index contributed by atoms with van der Waals surface area (Å²) in [7, 11) is 0. The molecule has 1 heterocycles. The lowest BCUT2D eigenvalue weighted by molar-refractivity contribution is -0.145. The number of carbonyl (C=O) groups is 2. The number of nitrogens with zero attached hydrogens (tertiary/aromatic N) is 1. The average Bonchev–Trinajstić information content (AvgIpc) is 3.10. The first-order valence-corrected chi connectivity index (χ1v) is 6.40. The molecular formula is C12H20N2O3. The lowest BCUT2D eigenvalue weighted by Gasteiger charge is -2.32. The Morgan fingerprint density at radius 3 is 2.65 bits per heavy atom. The third kappa shape index (κ3) is 3.70. The minimum atomic E-state index is -0.806. The molecular weight excluding hydrogens is 220 g/mol. The molecule has 1 aliphatic heterocycles. The molecule has 0 aromatic heterocycles. The Bertz CT molecular complexity index is 302. The minimum absolute atomic E-state index is 0.0370. The Hall–Kier alpha value is -1.10. The number of carboxylic acid groups (broad SMARTS) is 1. The second kappa shape index (κ2) is 5.49. The van der Waals surface area contributed by atoms with E-state index in [1.807, 2.05) is 0 Å². The van der Waals surface area contributed by atoms with E-state index in [0.717, 1.165) is 19.4 Å². The summed E-state index contributed by atoms with van der Waals surface area (Å²) in [6.07, 6.45) is 5.01. The average molecular weight is 240 g/mol. The number of hydrogen-bond acceptors (Lipinski definition) is 3. The molecule has 1 unspecified atom stereocenters. The largest absolute Gasteiger partial charge is 0.480 e. The summed E-state index contributed by atoms with van der Waals surface area (Å²) < 4.78 is 0. The minimum Gasteiger partial charge on any atom is -0.480 e. The van der Waals surface area contributed by atoms with Gasteiger partial charge in [0.05, 0.1) is 6.54 Å². The van der Waals surface area contributed by atoms with Crippen molar-refractivity contribution in [1.29, 1.82) is 0 Å². The van der Waals surface area contributed by atoms with Crippen LogP contribution in [-0.4, -0.2) is 47.6 Å². The fourth-order valence-electron chi connectivity index (χ4n) is 2.28. The standard InChI is InChI=1S/C12H20N2O3/c15-11(13-7-9-4-5-9)8-14-6-2-1-3-10(14)12(16)17/h9-10H,1-8H2,(H,13,15)(H,16,17). The number of piperidine rings is 1. The van der Waals surface area contributed by atoms with Crippen molar-refractivity contribution < 1.29 is 14.7 Å². The second-order valence-electron chi connectivity index (χ2n) is 5.07.